The van der Waals surface area contributed by atoms with Gasteiger partial charge in [0.2, 0.25) is 10.0 Å². The third-order valence-corrected chi connectivity index (χ3v) is 4.97. The molecule has 0 radical (unpaired) electrons. The maximum absolute atomic E-state index is 12.5. The predicted molar refractivity (Wildman–Crippen MR) is 92.6 cm³/mol. The lowest BCUT2D eigenvalue weighted by molar-refractivity contribution is -0.120. The molecule has 0 fully saturated rings. The van der Waals surface area contributed by atoms with Gasteiger partial charge in [-0.05, 0) is 37.1 Å². The van der Waals surface area contributed by atoms with Crippen molar-refractivity contribution >= 4 is 21.8 Å². The molecule has 0 unspecified atom stereocenters. The molecule has 132 valence electrons. The Hall–Kier alpha value is -2.51. The number of carbonyl (C=O) groups excluding carboxylic acids is 2. The van der Waals surface area contributed by atoms with E-state index in [1.807, 2.05) is 30.3 Å². The molecule has 0 bridgehead atoms. The summed E-state index contributed by atoms with van der Waals surface area (Å²) >= 11 is 0. The van der Waals surface area contributed by atoms with Crippen molar-refractivity contribution in [2.24, 2.45) is 0 Å². The number of Topliss-reactive ketones (excluding diaryl/α,β-unsaturated/α-hetero) is 1. The van der Waals surface area contributed by atoms with E-state index in [2.05, 4.69) is 4.72 Å². The van der Waals surface area contributed by atoms with Crippen LogP contribution in [-0.4, -0.2) is 26.8 Å². The van der Waals surface area contributed by atoms with E-state index in [1.165, 1.54) is 25.1 Å². The fourth-order valence-electron chi connectivity index (χ4n) is 2.12. The van der Waals surface area contributed by atoms with Gasteiger partial charge in [-0.1, -0.05) is 36.4 Å². The standard InChI is InChI=1S/C18H19NO5S/c1-13-8-9-16(18(21)24-12-14(2)20)10-17(13)25(22,23)19-11-15-6-4-3-5-7-15/h3-10,19H,11-12H2,1-2H3. The summed E-state index contributed by atoms with van der Waals surface area (Å²) in [5, 5.41) is 0. The summed E-state index contributed by atoms with van der Waals surface area (Å²) in [6, 6.07) is 13.4. The van der Waals surface area contributed by atoms with Gasteiger partial charge < -0.3 is 4.74 Å². The Morgan fingerprint density at radius 3 is 2.40 bits per heavy atom. The topological polar surface area (TPSA) is 89.5 Å². The smallest absolute Gasteiger partial charge is 0.338 e. The van der Waals surface area contributed by atoms with Gasteiger partial charge in [-0.15, -0.1) is 0 Å². The number of hydrogen-bond donors (Lipinski definition) is 1. The number of esters is 1. The Kier molecular flexibility index (Phi) is 6.06. The fourth-order valence-corrected chi connectivity index (χ4v) is 3.41. The maximum Gasteiger partial charge on any atom is 0.338 e. The highest BCUT2D eigenvalue weighted by Gasteiger charge is 2.19. The molecule has 0 aliphatic rings. The highest BCUT2D eigenvalue weighted by atomic mass is 32.2. The first-order valence-corrected chi connectivity index (χ1v) is 9.09. The van der Waals surface area contributed by atoms with E-state index in [4.69, 9.17) is 4.74 Å². The van der Waals surface area contributed by atoms with E-state index in [0.717, 1.165) is 5.56 Å². The molecule has 0 amide bonds. The SMILES string of the molecule is CC(=O)COC(=O)c1ccc(C)c(S(=O)(=O)NCc2ccccc2)c1. The van der Waals surface area contributed by atoms with Gasteiger partial charge in [0.05, 0.1) is 10.5 Å². The van der Waals surface area contributed by atoms with Crippen LogP contribution in [0, 0.1) is 6.92 Å². The summed E-state index contributed by atoms with van der Waals surface area (Å²) in [4.78, 5) is 22.8. The quantitative estimate of drug-likeness (QED) is 0.764. The van der Waals surface area contributed by atoms with Crippen molar-refractivity contribution in [3.63, 3.8) is 0 Å². The molecule has 25 heavy (non-hydrogen) atoms. The van der Waals surface area contributed by atoms with Crippen LogP contribution in [0.25, 0.3) is 0 Å². The van der Waals surface area contributed by atoms with Crippen LogP contribution in [0.5, 0.6) is 0 Å². The molecule has 0 saturated heterocycles. The number of sulfonamides is 1. The van der Waals surface area contributed by atoms with Gasteiger partial charge in [-0.25, -0.2) is 17.9 Å². The molecule has 0 heterocycles. The summed E-state index contributed by atoms with van der Waals surface area (Å²) in [5.74, 6) is -1.03. The Balaban J connectivity index is 2.20. The van der Waals surface area contributed by atoms with E-state index in [-0.39, 0.29) is 29.4 Å². The van der Waals surface area contributed by atoms with Crippen molar-refractivity contribution in [3.05, 3.63) is 65.2 Å². The molecule has 0 aliphatic carbocycles. The van der Waals surface area contributed by atoms with Crippen LogP contribution in [0.1, 0.15) is 28.4 Å². The van der Waals surface area contributed by atoms with Crippen molar-refractivity contribution in [1.29, 1.82) is 0 Å². The average molecular weight is 361 g/mol. The van der Waals surface area contributed by atoms with Crippen molar-refractivity contribution in [3.8, 4) is 0 Å². The molecule has 1 N–H and O–H groups in total. The number of nitrogens with one attached hydrogen (secondary N) is 1. The van der Waals surface area contributed by atoms with E-state index in [9.17, 15) is 18.0 Å². The minimum absolute atomic E-state index is 0.000654. The molecule has 0 atom stereocenters. The minimum Gasteiger partial charge on any atom is -0.454 e. The number of ether oxygens (including phenoxy) is 1. The lowest BCUT2D eigenvalue weighted by Gasteiger charge is -2.11. The first-order valence-electron chi connectivity index (χ1n) is 7.60. The summed E-state index contributed by atoms with van der Waals surface area (Å²) in [6.45, 7) is 2.73. The molecule has 0 spiro atoms. The van der Waals surface area contributed by atoms with Crippen LogP contribution in [0.2, 0.25) is 0 Å². The summed E-state index contributed by atoms with van der Waals surface area (Å²) in [5.41, 5.74) is 1.40. The second-order valence-electron chi connectivity index (χ2n) is 5.57. The van der Waals surface area contributed by atoms with Crippen LogP contribution in [0.3, 0.4) is 0 Å². The third-order valence-electron chi connectivity index (χ3n) is 3.43. The van der Waals surface area contributed by atoms with Crippen LogP contribution in [0.15, 0.2) is 53.4 Å². The maximum atomic E-state index is 12.5. The van der Waals surface area contributed by atoms with Crippen LogP contribution >= 0.6 is 0 Å². The van der Waals surface area contributed by atoms with E-state index < -0.39 is 16.0 Å². The molecule has 2 aromatic carbocycles. The molecule has 0 saturated carbocycles. The highest BCUT2D eigenvalue weighted by molar-refractivity contribution is 7.89. The van der Waals surface area contributed by atoms with Gasteiger partial charge >= 0.3 is 5.97 Å². The van der Waals surface area contributed by atoms with Crippen LogP contribution in [0.4, 0.5) is 0 Å². The van der Waals surface area contributed by atoms with Gasteiger partial charge in [0.1, 0.15) is 6.61 Å². The second-order valence-corrected chi connectivity index (χ2v) is 7.30. The normalized spacial score (nSPS) is 11.1. The second kappa shape index (κ2) is 8.04. The third kappa shape index (κ3) is 5.23. The molecular weight excluding hydrogens is 342 g/mol. The number of benzene rings is 2. The average Bonchev–Trinajstić information content (AvgIpc) is 2.59. The first-order chi connectivity index (χ1) is 11.8. The minimum atomic E-state index is -3.80. The molecule has 0 aliphatic heterocycles. The summed E-state index contributed by atoms with van der Waals surface area (Å²) in [7, 11) is -3.80. The summed E-state index contributed by atoms with van der Waals surface area (Å²) < 4.78 is 32.4. The zero-order valence-corrected chi connectivity index (χ0v) is 14.8. The van der Waals surface area contributed by atoms with Crippen LogP contribution < -0.4 is 4.72 Å². The number of carbonyl (C=O) groups is 2. The first kappa shape index (κ1) is 18.8. The molecule has 6 nitrogen and oxygen atoms in total. The van der Waals surface area contributed by atoms with E-state index in [1.54, 1.807) is 6.92 Å². The number of aryl methyl sites for hydroxylation is 1. The van der Waals surface area contributed by atoms with Gasteiger partial charge in [0, 0.05) is 6.54 Å². The molecule has 2 rings (SSSR count). The Morgan fingerprint density at radius 1 is 1.08 bits per heavy atom. The number of hydrogen-bond acceptors (Lipinski definition) is 5. The Bertz CT molecular complexity index is 876. The Labute approximate surface area is 146 Å². The fraction of sp³-hybridized carbons (Fsp3) is 0.222. The van der Waals surface area contributed by atoms with Gasteiger partial charge in [-0.2, -0.15) is 0 Å². The van der Waals surface area contributed by atoms with Crippen molar-refractivity contribution in [2.75, 3.05) is 6.61 Å². The van der Waals surface area contributed by atoms with Crippen molar-refractivity contribution in [1.82, 2.24) is 4.72 Å². The largest absolute Gasteiger partial charge is 0.454 e. The van der Waals surface area contributed by atoms with E-state index >= 15 is 0 Å². The molecule has 2 aromatic rings. The van der Waals surface area contributed by atoms with Gasteiger partial charge in [0.15, 0.2) is 5.78 Å². The molecular formula is C18H19NO5S. The summed E-state index contributed by atoms with van der Waals surface area (Å²) in [6.07, 6.45) is 0. The monoisotopic (exact) mass is 361 g/mol. The van der Waals surface area contributed by atoms with Crippen molar-refractivity contribution < 1.29 is 22.7 Å². The Morgan fingerprint density at radius 2 is 1.76 bits per heavy atom. The zero-order chi connectivity index (χ0) is 18.4. The van der Waals surface area contributed by atoms with Crippen LogP contribution in [-0.2, 0) is 26.1 Å². The molecule has 7 heteroatoms. The molecule has 0 aromatic heterocycles. The number of rotatable bonds is 7. The van der Waals surface area contributed by atoms with E-state index in [0.29, 0.717) is 5.56 Å². The lowest BCUT2D eigenvalue weighted by Crippen LogP contribution is -2.24. The zero-order valence-electron chi connectivity index (χ0n) is 14.0. The van der Waals surface area contributed by atoms with Crippen molar-refractivity contribution in [2.45, 2.75) is 25.3 Å². The lowest BCUT2D eigenvalue weighted by atomic mass is 10.1. The number of ketones is 1. The highest BCUT2D eigenvalue weighted by Crippen LogP contribution is 2.18. The van der Waals surface area contributed by atoms with Gasteiger partial charge in [0.25, 0.3) is 0 Å². The predicted octanol–water partition coefficient (Wildman–Crippen LogP) is 2.22. The van der Waals surface area contributed by atoms with Gasteiger partial charge in [-0.3, -0.25) is 4.79 Å².